The highest BCUT2D eigenvalue weighted by Crippen LogP contribution is 2.31. The molecule has 0 fully saturated rings. The largest absolute Gasteiger partial charge is 0.460 e. The molecule has 1 aliphatic rings. The van der Waals surface area contributed by atoms with Crippen LogP contribution in [0.4, 0.5) is 10.8 Å². The Balaban J connectivity index is 1.52. The highest BCUT2D eigenvalue weighted by molar-refractivity contribution is 7.93. The van der Waals surface area contributed by atoms with Crippen LogP contribution in [0.1, 0.15) is 22.3 Å². The van der Waals surface area contributed by atoms with Crippen molar-refractivity contribution in [2.24, 2.45) is 0 Å². The molecule has 2 aromatic carbocycles. The Morgan fingerprint density at radius 2 is 1.91 bits per heavy atom. The number of aryl methyl sites for hydroxylation is 1. The summed E-state index contributed by atoms with van der Waals surface area (Å²) in [7, 11) is -3.79. The lowest BCUT2D eigenvalue weighted by atomic mass is 10.00. The second-order valence-corrected chi connectivity index (χ2v) is 9.59. The summed E-state index contributed by atoms with van der Waals surface area (Å²) < 4.78 is 38.8. The predicted molar refractivity (Wildman–Crippen MR) is 120 cm³/mol. The second kappa shape index (κ2) is 9.07. The fraction of sp³-hybridized carbons (Fsp3) is 0.190. The lowest BCUT2D eigenvalue weighted by molar-refractivity contribution is -0.0509. The molecule has 11 heteroatoms. The number of nitrogens with one attached hydrogen (secondary N) is 2. The molecule has 0 saturated heterocycles. The van der Waals surface area contributed by atoms with E-state index in [0.29, 0.717) is 34.2 Å². The molecule has 1 atom stereocenters. The normalized spacial score (nSPS) is 17.0. The third kappa shape index (κ3) is 4.64. The molecular formula is C21H20N4O5S2. The summed E-state index contributed by atoms with van der Waals surface area (Å²) in [6.45, 7) is 3.92. The molecule has 0 radical (unpaired) electrons. The molecule has 166 valence electrons. The Hall–Kier alpha value is -3.28. The number of nitrogens with zero attached hydrogens (tertiary/aromatic N) is 2. The van der Waals surface area contributed by atoms with Crippen LogP contribution in [-0.2, 0) is 14.8 Å². The van der Waals surface area contributed by atoms with Crippen LogP contribution in [0.3, 0.4) is 0 Å². The Bertz CT molecular complexity index is 1270. The van der Waals surface area contributed by atoms with Crippen LogP contribution in [-0.4, -0.2) is 37.3 Å². The Labute approximate surface area is 189 Å². The molecule has 0 amide bonds. The third-order valence-corrected chi connectivity index (χ3v) is 6.74. The van der Waals surface area contributed by atoms with E-state index in [-0.39, 0.29) is 15.8 Å². The van der Waals surface area contributed by atoms with Crippen molar-refractivity contribution >= 4 is 38.0 Å². The quantitative estimate of drug-likeness (QED) is 0.501. The average Bonchev–Trinajstić information content (AvgIpc) is 3.18. The SMILES string of the molecule is CCOC1Oc2ccccc2C(=O)/C1=C\Nc1ccc(S(=O)(=O)Nc2nnc(C)s2)cc1. The standard InChI is InChI=1S/C21H20N4O5S2/c1-3-29-20-17(19(26)16-6-4-5-7-18(16)30-20)12-22-14-8-10-15(11-9-14)32(27,28)25-21-24-23-13(2)31-21/h4-12,20,22H,3H2,1-2H3,(H,24,25)/b17-12+. The molecule has 32 heavy (non-hydrogen) atoms. The van der Waals surface area contributed by atoms with E-state index < -0.39 is 16.3 Å². The first kappa shape index (κ1) is 21.9. The van der Waals surface area contributed by atoms with Crippen LogP contribution in [0.25, 0.3) is 0 Å². The maximum absolute atomic E-state index is 12.9. The maximum Gasteiger partial charge on any atom is 0.263 e. The van der Waals surface area contributed by atoms with E-state index in [1.807, 2.05) is 6.92 Å². The summed E-state index contributed by atoms with van der Waals surface area (Å²) in [5.74, 6) is 0.273. The van der Waals surface area contributed by atoms with Gasteiger partial charge < -0.3 is 14.8 Å². The zero-order chi connectivity index (χ0) is 22.7. The van der Waals surface area contributed by atoms with E-state index in [2.05, 4.69) is 20.2 Å². The van der Waals surface area contributed by atoms with E-state index in [9.17, 15) is 13.2 Å². The van der Waals surface area contributed by atoms with Gasteiger partial charge in [0.15, 0.2) is 5.78 Å². The minimum Gasteiger partial charge on any atom is -0.460 e. The van der Waals surface area contributed by atoms with Crippen molar-refractivity contribution in [1.82, 2.24) is 10.2 Å². The molecule has 1 unspecified atom stereocenters. The van der Waals surface area contributed by atoms with E-state index in [1.165, 1.54) is 18.3 Å². The molecule has 0 saturated carbocycles. The highest BCUT2D eigenvalue weighted by atomic mass is 32.2. The second-order valence-electron chi connectivity index (χ2n) is 6.73. The van der Waals surface area contributed by atoms with Gasteiger partial charge in [0, 0.05) is 18.5 Å². The Kier molecular flexibility index (Phi) is 6.21. The van der Waals surface area contributed by atoms with Crippen LogP contribution in [0, 0.1) is 6.92 Å². The molecule has 4 rings (SSSR count). The number of hydrogen-bond acceptors (Lipinski definition) is 9. The molecular weight excluding hydrogens is 452 g/mol. The van der Waals surface area contributed by atoms with Gasteiger partial charge in [-0.1, -0.05) is 23.5 Å². The molecule has 3 aromatic rings. The van der Waals surface area contributed by atoms with Gasteiger partial charge in [0.25, 0.3) is 10.0 Å². The Morgan fingerprint density at radius 1 is 1.16 bits per heavy atom. The number of benzene rings is 2. The van der Waals surface area contributed by atoms with Gasteiger partial charge in [-0.2, -0.15) is 0 Å². The number of rotatable bonds is 7. The molecule has 1 aromatic heterocycles. The zero-order valence-electron chi connectivity index (χ0n) is 17.2. The minimum absolute atomic E-state index is 0.0711. The lowest BCUT2D eigenvalue weighted by Crippen LogP contribution is -2.33. The summed E-state index contributed by atoms with van der Waals surface area (Å²) in [6, 6.07) is 13.1. The van der Waals surface area contributed by atoms with Gasteiger partial charge in [-0.05, 0) is 50.2 Å². The highest BCUT2D eigenvalue weighted by Gasteiger charge is 2.32. The number of hydrogen-bond donors (Lipinski definition) is 2. The number of ether oxygens (including phenoxy) is 2. The van der Waals surface area contributed by atoms with E-state index in [4.69, 9.17) is 9.47 Å². The number of sulfonamides is 1. The van der Waals surface area contributed by atoms with Crippen molar-refractivity contribution < 1.29 is 22.7 Å². The molecule has 0 spiro atoms. The Morgan fingerprint density at radius 3 is 2.59 bits per heavy atom. The van der Waals surface area contributed by atoms with Crippen molar-refractivity contribution in [2.45, 2.75) is 25.0 Å². The van der Waals surface area contributed by atoms with E-state index in [1.54, 1.807) is 43.3 Å². The van der Waals surface area contributed by atoms with Gasteiger partial charge in [-0.3, -0.25) is 9.52 Å². The topological polar surface area (TPSA) is 120 Å². The van der Waals surface area contributed by atoms with Gasteiger partial charge in [0.2, 0.25) is 11.4 Å². The van der Waals surface area contributed by atoms with Crippen molar-refractivity contribution in [3.8, 4) is 5.75 Å². The van der Waals surface area contributed by atoms with E-state index >= 15 is 0 Å². The van der Waals surface area contributed by atoms with Crippen LogP contribution < -0.4 is 14.8 Å². The monoisotopic (exact) mass is 472 g/mol. The van der Waals surface area contributed by atoms with Crippen LogP contribution in [0.15, 0.2) is 65.2 Å². The first-order chi connectivity index (χ1) is 15.4. The fourth-order valence-corrected chi connectivity index (χ4v) is 4.83. The number of fused-ring (bicyclic) bond motifs is 1. The van der Waals surface area contributed by atoms with Crippen LogP contribution in [0.2, 0.25) is 0 Å². The summed E-state index contributed by atoms with van der Waals surface area (Å²) in [5, 5.41) is 11.4. The minimum atomic E-state index is -3.79. The van der Waals surface area contributed by atoms with Gasteiger partial charge >= 0.3 is 0 Å². The summed E-state index contributed by atoms with van der Waals surface area (Å²) in [5.41, 5.74) is 1.36. The summed E-state index contributed by atoms with van der Waals surface area (Å²) >= 11 is 1.15. The third-order valence-electron chi connectivity index (χ3n) is 4.51. The van der Waals surface area contributed by atoms with Gasteiger partial charge in [0.05, 0.1) is 16.0 Å². The number of carbonyl (C=O) groups excluding carboxylic acids is 1. The first-order valence-corrected chi connectivity index (χ1v) is 12.0. The molecule has 1 aliphatic heterocycles. The summed E-state index contributed by atoms with van der Waals surface area (Å²) in [6.07, 6.45) is 0.679. The number of carbonyl (C=O) groups is 1. The molecule has 2 heterocycles. The van der Waals surface area contributed by atoms with Crippen molar-refractivity contribution in [1.29, 1.82) is 0 Å². The van der Waals surface area contributed by atoms with Crippen LogP contribution >= 0.6 is 11.3 Å². The smallest absolute Gasteiger partial charge is 0.263 e. The molecule has 0 bridgehead atoms. The number of aromatic nitrogens is 2. The van der Waals surface area contributed by atoms with Crippen molar-refractivity contribution in [3.63, 3.8) is 0 Å². The molecule has 9 nitrogen and oxygen atoms in total. The maximum atomic E-state index is 12.9. The van der Waals surface area contributed by atoms with E-state index in [0.717, 1.165) is 11.3 Å². The van der Waals surface area contributed by atoms with Gasteiger partial charge in [-0.15, -0.1) is 10.2 Å². The first-order valence-electron chi connectivity index (χ1n) is 9.69. The fourth-order valence-electron chi connectivity index (χ4n) is 3.01. The summed E-state index contributed by atoms with van der Waals surface area (Å²) in [4.78, 5) is 13.0. The average molecular weight is 473 g/mol. The van der Waals surface area contributed by atoms with Gasteiger partial charge in [-0.25, -0.2) is 8.42 Å². The zero-order valence-corrected chi connectivity index (χ0v) is 18.9. The number of Topliss-reactive ketones (excluding diaryl/α,β-unsaturated/α-hetero) is 1. The van der Waals surface area contributed by atoms with Gasteiger partial charge in [0.1, 0.15) is 10.8 Å². The number of para-hydroxylation sites is 1. The van der Waals surface area contributed by atoms with Crippen molar-refractivity contribution in [2.75, 3.05) is 16.6 Å². The predicted octanol–water partition coefficient (Wildman–Crippen LogP) is 3.58. The molecule has 2 N–H and O–H groups in total. The van der Waals surface area contributed by atoms with Crippen LogP contribution in [0.5, 0.6) is 5.75 Å². The van der Waals surface area contributed by atoms with Crippen molar-refractivity contribution in [3.05, 3.63) is 70.9 Å². The number of ketones is 1. The lowest BCUT2D eigenvalue weighted by Gasteiger charge is -2.27. The molecule has 0 aliphatic carbocycles. The number of anilines is 2.